The minimum absolute atomic E-state index is 1.21. The van der Waals surface area contributed by atoms with Crippen LogP contribution in [0.1, 0.15) is 45.2 Å². The number of benzene rings is 2. The van der Waals surface area contributed by atoms with Crippen molar-refractivity contribution in [1.82, 2.24) is 0 Å². The first-order valence-corrected chi connectivity index (χ1v) is 7.61. The number of fused-ring (bicyclic) bond motifs is 3. The fourth-order valence-corrected chi connectivity index (χ4v) is 2.47. The molecule has 3 rings (SSSR count). The zero-order valence-electron chi connectivity index (χ0n) is 12.7. The molecule has 0 fully saturated rings. The van der Waals surface area contributed by atoms with Crippen LogP contribution >= 0.6 is 0 Å². The largest absolute Gasteiger partial charge is 0.0683 e. The molecule has 0 saturated carbocycles. The standard InChI is InChI=1S/C15H14.2C2H6/c1-3-10-14-12(6-1)8-5-9-13-7-2-4-11-15(13)14;2*1-2/h1-4,6-7,10-11H,5,8-9H2;2*1-2H3. The smallest absolute Gasteiger partial charge is 0.0149 e. The first kappa shape index (κ1) is 15.5. The number of hydrogen-bond acceptors (Lipinski definition) is 0. The van der Waals surface area contributed by atoms with Gasteiger partial charge in [-0.15, -0.1) is 0 Å². The van der Waals surface area contributed by atoms with E-state index in [0.717, 1.165) is 0 Å². The minimum atomic E-state index is 1.21. The maximum absolute atomic E-state index is 2.26. The predicted molar refractivity (Wildman–Crippen MR) is 86.6 cm³/mol. The summed E-state index contributed by atoms with van der Waals surface area (Å²) in [6.45, 7) is 8.00. The highest BCUT2D eigenvalue weighted by Crippen LogP contribution is 2.31. The molecule has 0 spiro atoms. The van der Waals surface area contributed by atoms with Crippen molar-refractivity contribution in [2.24, 2.45) is 0 Å². The topological polar surface area (TPSA) is 0 Å². The van der Waals surface area contributed by atoms with Crippen LogP contribution in [-0.2, 0) is 12.8 Å². The summed E-state index contributed by atoms with van der Waals surface area (Å²) in [6, 6.07) is 17.6. The van der Waals surface area contributed by atoms with Crippen molar-refractivity contribution in [3.63, 3.8) is 0 Å². The Morgan fingerprint density at radius 1 is 0.579 bits per heavy atom. The van der Waals surface area contributed by atoms with E-state index in [2.05, 4.69) is 48.5 Å². The van der Waals surface area contributed by atoms with E-state index >= 15 is 0 Å². The first-order valence-electron chi connectivity index (χ1n) is 7.61. The van der Waals surface area contributed by atoms with Gasteiger partial charge in [0.2, 0.25) is 0 Å². The van der Waals surface area contributed by atoms with Gasteiger partial charge in [-0.2, -0.15) is 0 Å². The molecule has 0 aliphatic heterocycles. The summed E-state index contributed by atoms with van der Waals surface area (Å²) < 4.78 is 0. The second-order valence-corrected chi connectivity index (χ2v) is 4.17. The Morgan fingerprint density at radius 3 is 1.37 bits per heavy atom. The molecule has 102 valence electrons. The zero-order valence-corrected chi connectivity index (χ0v) is 12.7. The molecule has 0 unspecified atom stereocenters. The average Bonchev–Trinajstić information content (AvgIpc) is 2.71. The third-order valence-corrected chi connectivity index (χ3v) is 3.22. The summed E-state index contributed by atoms with van der Waals surface area (Å²) in [5, 5.41) is 0. The van der Waals surface area contributed by atoms with E-state index in [4.69, 9.17) is 0 Å². The van der Waals surface area contributed by atoms with Gasteiger partial charge in [0.1, 0.15) is 0 Å². The zero-order chi connectivity index (χ0) is 14.1. The number of rotatable bonds is 0. The van der Waals surface area contributed by atoms with Crippen molar-refractivity contribution in [3.05, 3.63) is 59.7 Å². The fourth-order valence-electron chi connectivity index (χ4n) is 2.47. The van der Waals surface area contributed by atoms with Gasteiger partial charge in [0, 0.05) is 0 Å². The molecule has 1 aliphatic rings. The number of hydrogen-bond donors (Lipinski definition) is 0. The molecule has 2 aromatic rings. The second kappa shape index (κ2) is 8.53. The highest BCUT2D eigenvalue weighted by Gasteiger charge is 2.12. The Balaban J connectivity index is 0.000000415. The van der Waals surface area contributed by atoms with Crippen LogP contribution in [0.4, 0.5) is 0 Å². The third-order valence-electron chi connectivity index (χ3n) is 3.22. The van der Waals surface area contributed by atoms with Crippen LogP contribution in [0.15, 0.2) is 48.5 Å². The summed E-state index contributed by atoms with van der Waals surface area (Å²) in [6.07, 6.45) is 3.70. The molecular formula is C19H26. The Labute approximate surface area is 118 Å². The van der Waals surface area contributed by atoms with Gasteiger partial charge in [0.25, 0.3) is 0 Å². The van der Waals surface area contributed by atoms with E-state index in [1.54, 1.807) is 0 Å². The van der Waals surface area contributed by atoms with Crippen LogP contribution < -0.4 is 0 Å². The first-order chi connectivity index (χ1) is 9.45. The van der Waals surface area contributed by atoms with E-state index in [1.807, 2.05) is 27.7 Å². The van der Waals surface area contributed by atoms with Gasteiger partial charge in [0.15, 0.2) is 0 Å². The molecule has 2 aromatic carbocycles. The maximum Gasteiger partial charge on any atom is -0.0149 e. The lowest BCUT2D eigenvalue weighted by Gasteiger charge is -2.08. The van der Waals surface area contributed by atoms with Crippen molar-refractivity contribution in [2.45, 2.75) is 47.0 Å². The second-order valence-electron chi connectivity index (χ2n) is 4.17. The van der Waals surface area contributed by atoms with E-state index in [0.29, 0.717) is 0 Å². The predicted octanol–water partition coefficient (Wildman–Crippen LogP) is 5.89. The van der Waals surface area contributed by atoms with Crippen molar-refractivity contribution in [2.75, 3.05) is 0 Å². The fraction of sp³-hybridized carbons (Fsp3) is 0.368. The Morgan fingerprint density at radius 2 is 0.947 bits per heavy atom. The van der Waals surface area contributed by atoms with Gasteiger partial charge in [0.05, 0.1) is 0 Å². The van der Waals surface area contributed by atoms with Crippen molar-refractivity contribution < 1.29 is 0 Å². The van der Waals surface area contributed by atoms with E-state index in [1.165, 1.54) is 41.5 Å². The molecule has 1 aliphatic carbocycles. The molecule has 0 heterocycles. The Kier molecular flexibility index (Phi) is 6.95. The highest BCUT2D eigenvalue weighted by molar-refractivity contribution is 5.71. The monoisotopic (exact) mass is 254 g/mol. The molecule has 19 heavy (non-hydrogen) atoms. The Bertz CT molecular complexity index is 437. The lowest BCUT2D eigenvalue weighted by molar-refractivity contribution is 0.835. The lowest BCUT2D eigenvalue weighted by atomic mass is 9.97. The van der Waals surface area contributed by atoms with E-state index in [9.17, 15) is 0 Å². The van der Waals surface area contributed by atoms with Crippen molar-refractivity contribution in [3.8, 4) is 11.1 Å². The number of aryl methyl sites for hydroxylation is 2. The lowest BCUT2D eigenvalue weighted by Crippen LogP contribution is -1.86. The molecular weight excluding hydrogens is 228 g/mol. The van der Waals surface area contributed by atoms with Crippen LogP contribution in [-0.4, -0.2) is 0 Å². The molecule has 0 amide bonds. The summed E-state index contributed by atoms with van der Waals surface area (Å²) >= 11 is 0. The van der Waals surface area contributed by atoms with Gasteiger partial charge in [-0.25, -0.2) is 0 Å². The third kappa shape index (κ3) is 3.70. The highest BCUT2D eigenvalue weighted by atomic mass is 14.2. The molecule has 0 nitrogen and oxygen atoms in total. The molecule has 0 aromatic heterocycles. The molecule has 0 saturated heterocycles. The van der Waals surface area contributed by atoms with Crippen molar-refractivity contribution in [1.29, 1.82) is 0 Å². The normalized spacial score (nSPS) is 11.6. The van der Waals surface area contributed by atoms with Crippen LogP contribution in [0.25, 0.3) is 11.1 Å². The molecule has 0 atom stereocenters. The van der Waals surface area contributed by atoms with Gasteiger partial charge >= 0.3 is 0 Å². The molecule has 0 N–H and O–H groups in total. The quantitative estimate of drug-likeness (QED) is 0.549. The maximum atomic E-state index is 2.26. The summed E-state index contributed by atoms with van der Waals surface area (Å²) in [7, 11) is 0. The van der Waals surface area contributed by atoms with Gasteiger partial charge < -0.3 is 0 Å². The summed E-state index contributed by atoms with van der Waals surface area (Å²) in [4.78, 5) is 0. The van der Waals surface area contributed by atoms with Crippen LogP contribution in [0.2, 0.25) is 0 Å². The van der Waals surface area contributed by atoms with E-state index < -0.39 is 0 Å². The van der Waals surface area contributed by atoms with Crippen LogP contribution in [0.5, 0.6) is 0 Å². The van der Waals surface area contributed by atoms with Crippen LogP contribution in [0.3, 0.4) is 0 Å². The van der Waals surface area contributed by atoms with Gasteiger partial charge in [-0.1, -0.05) is 76.2 Å². The Hall–Kier alpha value is -1.56. The van der Waals surface area contributed by atoms with Crippen LogP contribution in [0, 0.1) is 0 Å². The average molecular weight is 254 g/mol. The SMILES string of the molecule is CC.CC.c1ccc2c(c1)CCCc1ccccc1-2. The van der Waals surface area contributed by atoms with Gasteiger partial charge in [-0.3, -0.25) is 0 Å². The molecule has 0 bridgehead atoms. The molecule has 0 radical (unpaired) electrons. The summed E-state index contributed by atoms with van der Waals surface area (Å²) in [5.74, 6) is 0. The molecule has 0 heteroatoms. The van der Waals surface area contributed by atoms with Crippen molar-refractivity contribution >= 4 is 0 Å². The van der Waals surface area contributed by atoms with Gasteiger partial charge in [-0.05, 0) is 41.5 Å². The minimum Gasteiger partial charge on any atom is -0.0683 e. The van der Waals surface area contributed by atoms with E-state index in [-0.39, 0.29) is 0 Å². The summed E-state index contributed by atoms with van der Waals surface area (Å²) in [5.41, 5.74) is 5.88.